The number of hydrogen-bond donors (Lipinski definition) is 1. The van der Waals surface area contributed by atoms with Crippen LogP contribution in [-0.2, 0) is 14.3 Å². The van der Waals surface area contributed by atoms with Crippen LogP contribution in [0.5, 0.6) is 0 Å². The van der Waals surface area contributed by atoms with Gasteiger partial charge in [-0.25, -0.2) is 0 Å². The van der Waals surface area contributed by atoms with Gasteiger partial charge in [-0.1, -0.05) is 41.4 Å². The quantitative estimate of drug-likeness (QED) is 0.630. The van der Waals surface area contributed by atoms with Crippen LogP contribution in [-0.4, -0.2) is 36.0 Å². The molecule has 0 spiro atoms. The minimum atomic E-state index is -0.397. The molecule has 0 saturated carbocycles. The van der Waals surface area contributed by atoms with Gasteiger partial charge in [0.25, 0.3) is 11.8 Å². The van der Waals surface area contributed by atoms with Crippen molar-refractivity contribution in [1.29, 1.82) is 0 Å². The second kappa shape index (κ2) is 8.99. The van der Waals surface area contributed by atoms with Gasteiger partial charge in [0.2, 0.25) is 0 Å². The molecule has 0 radical (unpaired) electrons. The van der Waals surface area contributed by atoms with E-state index in [4.69, 9.17) is 27.9 Å². The highest BCUT2D eigenvalue weighted by Crippen LogP contribution is 2.32. The highest BCUT2D eigenvalue weighted by atomic mass is 35.5. The van der Waals surface area contributed by atoms with E-state index < -0.39 is 5.91 Å². The highest BCUT2D eigenvalue weighted by molar-refractivity contribution is 6.37. The lowest BCUT2D eigenvalue weighted by molar-refractivity contribution is -0.137. The third kappa shape index (κ3) is 4.81. The summed E-state index contributed by atoms with van der Waals surface area (Å²) in [6, 6.07) is 12.2. The molecule has 2 aromatic carbocycles. The van der Waals surface area contributed by atoms with Crippen LogP contribution in [0.3, 0.4) is 0 Å². The molecule has 5 nitrogen and oxygen atoms in total. The number of amides is 2. The summed E-state index contributed by atoms with van der Waals surface area (Å²) in [6.45, 7) is 6.15. The van der Waals surface area contributed by atoms with Crippen molar-refractivity contribution in [2.75, 3.05) is 18.5 Å². The zero-order chi connectivity index (χ0) is 21.1. The topological polar surface area (TPSA) is 58.6 Å². The van der Waals surface area contributed by atoms with Gasteiger partial charge in [0.05, 0.1) is 24.8 Å². The van der Waals surface area contributed by atoms with Crippen molar-refractivity contribution in [2.24, 2.45) is 0 Å². The summed E-state index contributed by atoms with van der Waals surface area (Å²) in [6.07, 6.45) is 0.0122. The maximum Gasteiger partial charge on any atom is 0.278 e. The van der Waals surface area contributed by atoms with Crippen LogP contribution < -0.4 is 5.32 Å². The zero-order valence-corrected chi connectivity index (χ0v) is 18.0. The molecule has 0 fully saturated rings. The van der Waals surface area contributed by atoms with Crippen molar-refractivity contribution in [3.05, 3.63) is 69.3 Å². The number of carbonyl (C=O) groups is 2. The summed E-state index contributed by atoms with van der Waals surface area (Å²) in [5.41, 5.74) is 2.70. The van der Waals surface area contributed by atoms with Gasteiger partial charge in [-0.3, -0.25) is 14.5 Å². The maximum absolute atomic E-state index is 13.1. The fourth-order valence-corrected chi connectivity index (χ4v) is 3.32. The molecule has 2 amide bonds. The van der Waals surface area contributed by atoms with Crippen molar-refractivity contribution < 1.29 is 14.3 Å². The zero-order valence-electron chi connectivity index (χ0n) is 16.5. The molecule has 0 aromatic heterocycles. The van der Waals surface area contributed by atoms with E-state index in [1.807, 2.05) is 26.8 Å². The maximum atomic E-state index is 13.1. The predicted molar refractivity (Wildman–Crippen MR) is 116 cm³/mol. The van der Waals surface area contributed by atoms with Gasteiger partial charge in [0.1, 0.15) is 5.70 Å². The number of hydrogen-bond acceptors (Lipinski definition) is 4. The summed E-state index contributed by atoms with van der Waals surface area (Å²) in [4.78, 5) is 27.4. The number of aryl methyl sites for hydroxylation is 1. The van der Waals surface area contributed by atoms with E-state index in [2.05, 4.69) is 5.32 Å². The number of rotatable bonds is 7. The monoisotopic (exact) mass is 432 g/mol. The Labute approximate surface area is 180 Å². The smallest absolute Gasteiger partial charge is 0.278 e. The molecule has 0 unspecified atom stereocenters. The number of nitrogens with zero attached hydrogens (tertiary/aromatic N) is 1. The van der Waals surface area contributed by atoms with Gasteiger partial charge >= 0.3 is 0 Å². The Balaban J connectivity index is 1.99. The first-order chi connectivity index (χ1) is 13.8. The van der Waals surface area contributed by atoms with E-state index in [0.717, 1.165) is 5.56 Å². The lowest BCUT2D eigenvalue weighted by Gasteiger charge is -2.16. The second-order valence-corrected chi connectivity index (χ2v) is 7.90. The summed E-state index contributed by atoms with van der Waals surface area (Å²) in [5.74, 6) is -0.765. The molecule has 0 aliphatic carbocycles. The van der Waals surface area contributed by atoms with E-state index in [0.29, 0.717) is 26.9 Å². The molecule has 29 heavy (non-hydrogen) atoms. The van der Waals surface area contributed by atoms with Crippen molar-refractivity contribution >= 4 is 46.3 Å². The number of anilines is 1. The molecule has 0 atom stereocenters. The van der Waals surface area contributed by atoms with Gasteiger partial charge in [-0.15, -0.1) is 0 Å². The molecule has 0 saturated heterocycles. The van der Waals surface area contributed by atoms with Crippen LogP contribution in [0.4, 0.5) is 5.69 Å². The van der Waals surface area contributed by atoms with E-state index in [9.17, 15) is 9.59 Å². The van der Waals surface area contributed by atoms with E-state index in [1.54, 1.807) is 36.4 Å². The Morgan fingerprint density at radius 2 is 1.66 bits per heavy atom. The Bertz CT molecular complexity index is 969. The minimum Gasteiger partial charge on any atom is -0.377 e. The first-order valence-electron chi connectivity index (χ1n) is 9.29. The first-order valence-corrected chi connectivity index (χ1v) is 10.0. The highest BCUT2D eigenvalue weighted by Gasteiger charge is 2.39. The lowest BCUT2D eigenvalue weighted by Crippen LogP contribution is -2.35. The Hall–Kier alpha value is -2.34. The Morgan fingerprint density at radius 1 is 1.00 bits per heavy atom. The number of ether oxygens (including phenoxy) is 1. The predicted octanol–water partition coefficient (Wildman–Crippen LogP) is 4.92. The molecule has 1 N–H and O–H groups in total. The van der Waals surface area contributed by atoms with Crippen LogP contribution in [0.25, 0.3) is 5.57 Å². The average Bonchev–Trinajstić information content (AvgIpc) is 2.89. The molecule has 3 rings (SSSR count). The fraction of sp³-hybridized carbons (Fsp3) is 0.273. The van der Waals surface area contributed by atoms with Gasteiger partial charge in [-0.05, 0) is 56.2 Å². The van der Waals surface area contributed by atoms with Crippen molar-refractivity contribution in [3.8, 4) is 0 Å². The SMILES string of the molecule is Cc1ccc(Cl)cc1NC1=C(c2ccc(Cl)cc2)C(=O)N(CCOC(C)C)C1=O. The Kier molecular flexibility index (Phi) is 6.63. The number of benzene rings is 2. The number of nitrogens with one attached hydrogen (secondary N) is 1. The minimum absolute atomic E-state index is 0.0122. The molecular formula is C22H22Cl2N2O3. The van der Waals surface area contributed by atoms with Crippen LogP contribution in [0.2, 0.25) is 10.0 Å². The van der Waals surface area contributed by atoms with Crippen molar-refractivity contribution in [1.82, 2.24) is 4.90 Å². The van der Waals surface area contributed by atoms with Crippen LogP contribution >= 0.6 is 23.2 Å². The number of halogens is 2. The molecule has 1 aliphatic heterocycles. The van der Waals surface area contributed by atoms with Crippen molar-refractivity contribution in [2.45, 2.75) is 26.9 Å². The van der Waals surface area contributed by atoms with E-state index >= 15 is 0 Å². The normalized spacial score (nSPS) is 14.3. The summed E-state index contributed by atoms with van der Waals surface area (Å²) < 4.78 is 5.53. The summed E-state index contributed by atoms with van der Waals surface area (Å²) in [7, 11) is 0. The molecule has 152 valence electrons. The Morgan fingerprint density at radius 3 is 2.31 bits per heavy atom. The molecular weight excluding hydrogens is 411 g/mol. The molecule has 7 heteroatoms. The lowest BCUT2D eigenvalue weighted by atomic mass is 10.0. The van der Waals surface area contributed by atoms with Gasteiger partial charge < -0.3 is 10.1 Å². The first kappa shape index (κ1) is 21.4. The van der Waals surface area contributed by atoms with Gasteiger partial charge in [0, 0.05) is 15.7 Å². The second-order valence-electron chi connectivity index (χ2n) is 7.02. The third-order valence-electron chi connectivity index (χ3n) is 4.53. The van der Waals surface area contributed by atoms with E-state index in [-0.39, 0.29) is 30.9 Å². The van der Waals surface area contributed by atoms with Crippen LogP contribution in [0.15, 0.2) is 48.2 Å². The summed E-state index contributed by atoms with van der Waals surface area (Å²) >= 11 is 12.1. The van der Waals surface area contributed by atoms with Gasteiger partial charge in [-0.2, -0.15) is 0 Å². The third-order valence-corrected chi connectivity index (χ3v) is 5.01. The largest absolute Gasteiger partial charge is 0.377 e. The fourth-order valence-electron chi connectivity index (χ4n) is 3.02. The number of imide groups is 1. The summed E-state index contributed by atoms with van der Waals surface area (Å²) in [5, 5.41) is 4.21. The molecule has 2 aromatic rings. The van der Waals surface area contributed by atoms with Gasteiger partial charge in [0.15, 0.2) is 0 Å². The van der Waals surface area contributed by atoms with Crippen molar-refractivity contribution in [3.63, 3.8) is 0 Å². The van der Waals surface area contributed by atoms with Crippen LogP contribution in [0, 0.1) is 6.92 Å². The average molecular weight is 433 g/mol. The standard InChI is InChI=1S/C22H22Cl2N2O3/c1-13(2)29-11-10-26-21(27)19(15-5-8-16(23)9-6-15)20(22(26)28)25-18-12-17(24)7-4-14(18)3/h4-9,12-13,25H,10-11H2,1-3H3. The molecule has 1 aliphatic rings. The van der Waals surface area contributed by atoms with E-state index in [1.165, 1.54) is 4.90 Å². The molecule has 0 bridgehead atoms. The van der Waals surface area contributed by atoms with Crippen LogP contribution in [0.1, 0.15) is 25.0 Å². The molecule has 1 heterocycles. The number of carbonyl (C=O) groups excluding carboxylic acids is 2.